The number of carbonyl (C=O) groups is 1. The van der Waals surface area contributed by atoms with Crippen molar-refractivity contribution in [2.45, 2.75) is 19.9 Å². The van der Waals surface area contributed by atoms with Gasteiger partial charge in [0.05, 0.1) is 24.3 Å². The molecule has 0 heterocycles. The highest BCUT2D eigenvalue weighted by molar-refractivity contribution is 5.91. The molecule has 0 unspecified atom stereocenters. The summed E-state index contributed by atoms with van der Waals surface area (Å²) in [5.41, 5.74) is 8.01. The van der Waals surface area contributed by atoms with Crippen molar-refractivity contribution in [3.8, 4) is 6.07 Å². The van der Waals surface area contributed by atoms with E-state index < -0.39 is 5.97 Å². The highest BCUT2D eigenvalue weighted by Crippen LogP contribution is 2.18. The Morgan fingerprint density at radius 3 is 2.62 bits per heavy atom. The SMILES string of the molecule is CCc1cc(C#N)c(CN)cc1C(=O)OC. The topological polar surface area (TPSA) is 76.1 Å². The zero-order valence-electron chi connectivity index (χ0n) is 9.41. The number of aryl methyl sites for hydroxylation is 1. The summed E-state index contributed by atoms with van der Waals surface area (Å²) < 4.78 is 4.69. The van der Waals surface area contributed by atoms with Crippen LogP contribution >= 0.6 is 0 Å². The van der Waals surface area contributed by atoms with E-state index in [2.05, 4.69) is 10.8 Å². The molecule has 0 bridgehead atoms. The molecule has 0 aliphatic heterocycles. The van der Waals surface area contributed by atoms with Crippen LogP contribution in [-0.4, -0.2) is 13.1 Å². The fraction of sp³-hybridized carbons (Fsp3) is 0.333. The molecule has 1 rings (SSSR count). The highest BCUT2D eigenvalue weighted by atomic mass is 16.5. The molecule has 4 heteroatoms. The first-order valence-corrected chi connectivity index (χ1v) is 5.02. The Morgan fingerprint density at radius 1 is 1.50 bits per heavy atom. The first-order valence-electron chi connectivity index (χ1n) is 5.02. The maximum atomic E-state index is 11.5. The molecule has 0 atom stereocenters. The maximum absolute atomic E-state index is 11.5. The van der Waals surface area contributed by atoms with Gasteiger partial charge in [-0.25, -0.2) is 4.79 Å². The molecule has 0 saturated heterocycles. The van der Waals surface area contributed by atoms with Crippen molar-refractivity contribution >= 4 is 5.97 Å². The second-order valence-electron chi connectivity index (χ2n) is 3.33. The molecular formula is C12H14N2O2. The van der Waals surface area contributed by atoms with Gasteiger partial charge in [0.2, 0.25) is 0 Å². The molecule has 0 radical (unpaired) electrons. The van der Waals surface area contributed by atoms with Gasteiger partial charge < -0.3 is 10.5 Å². The number of rotatable bonds is 3. The maximum Gasteiger partial charge on any atom is 0.338 e. The first-order chi connectivity index (χ1) is 7.67. The molecular weight excluding hydrogens is 204 g/mol. The molecule has 0 saturated carbocycles. The van der Waals surface area contributed by atoms with Crippen LogP contribution < -0.4 is 5.73 Å². The normalized spacial score (nSPS) is 9.62. The number of carbonyl (C=O) groups excluding carboxylic acids is 1. The molecule has 2 N–H and O–H groups in total. The van der Waals surface area contributed by atoms with E-state index in [0.29, 0.717) is 23.1 Å². The van der Waals surface area contributed by atoms with Crippen LogP contribution in [0.3, 0.4) is 0 Å². The average molecular weight is 218 g/mol. The van der Waals surface area contributed by atoms with E-state index in [-0.39, 0.29) is 6.54 Å². The predicted octanol–water partition coefficient (Wildman–Crippen LogP) is 1.37. The molecule has 84 valence electrons. The van der Waals surface area contributed by atoms with Gasteiger partial charge in [-0.05, 0) is 29.7 Å². The monoisotopic (exact) mass is 218 g/mol. The first kappa shape index (κ1) is 12.2. The second kappa shape index (κ2) is 5.29. The van der Waals surface area contributed by atoms with Crippen molar-refractivity contribution < 1.29 is 9.53 Å². The van der Waals surface area contributed by atoms with E-state index >= 15 is 0 Å². The van der Waals surface area contributed by atoms with Gasteiger partial charge in [-0.1, -0.05) is 6.92 Å². The van der Waals surface area contributed by atoms with Gasteiger partial charge >= 0.3 is 5.97 Å². The number of benzene rings is 1. The fourth-order valence-electron chi connectivity index (χ4n) is 1.55. The minimum Gasteiger partial charge on any atom is -0.465 e. The number of esters is 1. The number of nitrogens with two attached hydrogens (primary N) is 1. The summed E-state index contributed by atoms with van der Waals surface area (Å²) in [5.74, 6) is -0.393. The van der Waals surface area contributed by atoms with E-state index in [1.165, 1.54) is 7.11 Å². The molecule has 16 heavy (non-hydrogen) atoms. The van der Waals surface area contributed by atoms with E-state index in [1.54, 1.807) is 12.1 Å². The van der Waals surface area contributed by atoms with Crippen molar-refractivity contribution in [1.29, 1.82) is 5.26 Å². The van der Waals surface area contributed by atoms with E-state index in [4.69, 9.17) is 11.0 Å². The number of hydrogen-bond donors (Lipinski definition) is 1. The van der Waals surface area contributed by atoms with Gasteiger partial charge in [-0.3, -0.25) is 0 Å². The van der Waals surface area contributed by atoms with Gasteiger partial charge in [0, 0.05) is 6.54 Å². The van der Waals surface area contributed by atoms with E-state index in [9.17, 15) is 4.79 Å². The molecule has 0 spiro atoms. The van der Waals surface area contributed by atoms with Crippen molar-refractivity contribution in [3.05, 3.63) is 34.4 Å². The summed E-state index contributed by atoms with van der Waals surface area (Å²) in [4.78, 5) is 11.5. The van der Waals surface area contributed by atoms with Crippen LogP contribution in [0.4, 0.5) is 0 Å². The molecule has 1 aromatic carbocycles. The Labute approximate surface area is 94.6 Å². The van der Waals surface area contributed by atoms with Gasteiger partial charge in [0.15, 0.2) is 0 Å². The minimum absolute atomic E-state index is 0.233. The van der Waals surface area contributed by atoms with Crippen LogP contribution in [0.1, 0.15) is 34.0 Å². The van der Waals surface area contributed by atoms with Crippen molar-refractivity contribution in [3.63, 3.8) is 0 Å². The Kier molecular flexibility index (Phi) is 4.03. The average Bonchev–Trinajstić information content (AvgIpc) is 2.35. The molecule has 1 aromatic rings. The lowest BCUT2D eigenvalue weighted by Gasteiger charge is -2.09. The summed E-state index contributed by atoms with van der Waals surface area (Å²) in [7, 11) is 1.34. The van der Waals surface area contributed by atoms with Gasteiger partial charge in [-0.15, -0.1) is 0 Å². The summed E-state index contributed by atoms with van der Waals surface area (Å²) in [5, 5.41) is 8.93. The standard InChI is InChI=1S/C12H14N2O2/c1-3-8-4-9(6-13)10(7-14)5-11(8)12(15)16-2/h4-5H,3,7,14H2,1-2H3. The van der Waals surface area contributed by atoms with Crippen LogP contribution in [-0.2, 0) is 17.7 Å². The van der Waals surface area contributed by atoms with Crippen LogP contribution in [0, 0.1) is 11.3 Å². The third-order valence-electron chi connectivity index (χ3n) is 2.46. The lowest BCUT2D eigenvalue weighted by molar-refractivity contribution is 0.0599. The number of nitrogens with zero attached hydrogens (tertiary/aromatic N) is 1. The zero-order chi connectivity index (χ0) is 12.1. The summed E-state index contributed by atoms with van der Waals surface area (Å²) in [6, 6.07) is 5.42. The molecule has 0 aliphatic carbocycles. The summed E-state index contributed by atoms with van der Waals surface area (Å²) >= 11 is 0. The van der Waals surface area contributed by atoms with Crippen molar-refractivity contribution in [2.75, 3.05) is 7.11 Å². The predicted molar refractivity (Wildman–Crippen MR) is 59.8 cm³/mol. The van der Waals surface area contributed by atoms with Crippen LogP contribution in [0.2, 0.25) is 0 Å². The lowest BCUT2D eigenvalue weighted by atomic mass is 9.97. The Bertz CT molecular complexity index is 447. The largest absolute Gasteiger partial charge is 0.465 e. The highest BCUT2D eigenvalue weighted by Gasteiger charge is 2.14. The van der Waals surface area contributed by atoms with E-state index in [0.717, 1.165) is 5.56 Å². The number of ether oxygens (including phenoxy) is 1. The second-order valence-corrected chi connectivity index (χ2v) is 3.33. The molecule has 0 fully saturated rings. The van der Waals surface area contributed by atoms with Crippen molar-refractivity contribution in [1.82, 2.24) is 0 Å². The number of methoxy groups -OCH3 is 1. The molecule has 0 amide bonds. The van der Waals surface area contributed by atoms with E-state index in [1.807, 2.05) is 6.92 Å². The summed E-state index contributed by atoms with van der Waals surface area (Å²) in [6.45, 7) is 2.15. The van der Waals surface area contributed by atoms with Crippen molar-refractivity contribution in [2.24, 2.45) is 5.73 Å². The smallest absolute Gasteiger partial charge is 0.338 e. The zero-order valence-corrected chi connectivity index (χ0v) is 9.41. The number of nitriles is 1. The quantitative estimate of drug-likeness (QED) is 0.777. The molecule has 0 aromatic heterocycles. The van der Waals surface area contributed by atoms with Crippen LogP contribution in [0.15, 0.2) is 12.1 Å². The summed E-state index contributed by atoms with van der Waals surface area (Å²) in [6.07, 6.45) is 0.671. The van der Waals surface area contributed by atoms with Gasteiger partial charge in [0.25, 0.3) is 0 Å². The minimum atomic E-state index is -0.393. The van der Waals surface area contributed by atoms with Crippen LogP contribution in [0.25, 0.3) is 0 Å². The third kappa shape index (κ3) is 2.20. The molecule has 4 nitrogen and oxygen atoms in total. The Morgan fingerprint density at radius 2 is 2.19 bits per heavy atom. The van der Waals surface area contributed by atoms with Gasteiger partial charge in [0.1, 0.15) is 0 Å². The van der Waals surface area contributed by atoms with Crippen LogP contribution in [0.5, 0.6) is 0 Å². The Hall–Kier alpha value is -1.86. The lowest BCUT2D eigenvalue weighted by Crippen LogP contribution is -2.09. The molecule has 0 aliphatic rings. The number of hydrogen-bond acceptors (Lipinski definition) is 4. The third-order valence-corrected chi connectivity index (χ3v) is 2.46. The fourth-order valence-corrected chi connectivity index (χ4v) is 1.55. The van der Waals surface area contributed by atoms with Gasteiger partial charge in [-0.2, -0.15) is 5.26 Å². The Balaban J connectivity index is 3.38.